The lowest BCUT2D eigenvalue weighted by atomic mass is 9.85. The zero-order valence-corrected chi connectivity index (χ0v) is 36.9. The lowest BCUT2D eigenvalue weighted by molar-refractivity contribution is -0.220. The second-order valence-corrected chi connectivity index (χ2v) is 17.0. The molecular weight excluding hydrogens is 779 g/mol. The second kappa shape index (κ2) is 35.4. The van der Waals surface area contributed by atoms with Crippen molar-refractivity contribution in [3.63, 3.8) is 0 Å². The standard InChI is InChI=1S/C45H79O13P/c1-3-5-7-9-11-13-15-17-18-19-20-22-23-25-27-29-31-33-38(46)55-35-37(36-56-59(53,54)58-45-43(51)41(49)40(48)42(50)44(45)52)57-39(47)34-32-30-28-26-24-21-16-14-12-10-8-6-4-2/h6,8,10,12,14,16,21,24,37,40-45,48-52H,3-5,7,9,11,13,15,17-20,22-23,25-36H2,1-2H3,(H,53,54)/b8-6+,12-10+,16-14+,24-21+/t37?,40?,41-,42?,43?,44?,45?/m0/s1. The topological polar surface area (TPSA) is 210 Å². The molecule has 0 aromatic rings. The summed E-state index contributed by atoms with van der Waals surface area (Å²) < 4.78 is 33.4. The molecule has 8 atom stereocenters. The van der Waals surface area contributed by atoms with Crippen molar-refractivity contribution in [3.05, 3.63) is 48.6 Å². The summed E-state index contributed by atoms with van der Waals surface area (Å²) in [5.41, 5.74) is 0. The summed E-state index contributed by atoms with van der Waals surface area (Å²) in [5.74, 6) is -1.14. The molecule has 342 valence electrons. The van der Waals surface area contributed by atoms with Crippen LogP contribution in [-0.2, 0) is 32.7 Å². The van der Waals surface area contributed by atoms with Gasteiger partial charge in [-0.1, -0.05) is 172 Å². The fourth-order valence-electron chi connectivity index (χ4n) is 6.65. The molecule has 0 aromatic heterocycles. The number of rotatable bonds is 36. The van der Waals surface area contributed by atoms with Gasteiger partial charge in [-0.05, 0) is 32.1 Å². The van der Waals surface area contributed by atoms with Crippen molar-refractivity contribution in [1.82, 2.24) is 0 Å². The smallest absolute Gasteiger partial charge is 0.462 e. The summed E-state index contributed by atoms with van der Waals surface area (Å²) in [6, 6.07) is 0. The van der Waals surface area contributed by atoms with Crippen molar-refractivity contribution in [3.8, 4) is 0 Å². The van der Waals surface area contributed by atoms with Gasteiger partial charge in [0, 0.05) is 12.8 Å². The monoisotopic (exact) mass is 859 g/mol. The van der Waals surface area contributed by atoms with Gasteiger partial charge in [0.25, 0.3) is 0 Å². The summed E-state index contributed by atoms with van der Waals surface area (Å²) in [6.07, 6.45) is 27.5. The Labute approximate surface area is 354 Å². The zero-order valence-electron chi connectivity index (χ0n) is 36.0. The highest BCUT2D eigenvalue weighted by atomic mass is 31.2. The summed E-state index contributed by atoms with van der Waals surface area (Å²) in [4.78, 5) is 35.6. The Hall–Kier alpha value is -2.19. The quantitative estimate of drug-likeness (QED) is 0.0152. The molecule has 7 unspecified atom stereocenters. The summed E-state index contributed by atoms with van der Waals surface area (Å²) in [6.45, 7) is 3.12. The molecule has 0 spiro atoms. The summed E-state index contributed by atoms with van der Waals surface area (Å²) in [5, 5.41) is 50.1. The van der Waals surface area contributed by atoms with Crippen LogP contribution in [0.25, 0.3) is 0 Å². The van der Waals surface area contributed by atoms with Crippen LogP contribution in [0.3, 0.4) is 0 Å². The van der Waals surface area contributed by atoms with E-state index in [1.165, 1.54) is 83.5 Å². The van der Waals surface area contributed by atoms with Crippen LogP contribution < -0.4 is 0 Å². The molecule has 1 saturated carbocycles. The predicted octanol–water partition coefficient (Wildman–Crippen LogP) is 8.39. The summed E-state index contributed by atoms with van der Waals surface area (Å²) >= 11 is 0. The number of ether oxygens (including phenoxy) is 2. The van der Waals surface area contributed by atoms with E-state index in [1.54, 1.807) is 0 Å². The van der Waals surface area contributed by atoms with Crippen LogP contribution in [0, 0.1) is 0 Å². The first kappa shape index (κ1) is 54.8. The maximum absolute atomic E-state index is 12.8. The van der Waals surface area contributed by atoms with E-state index in [0.717, 1.165) is 44.9 Å². The maximum Gasteiger partial charge on any atom is 0.472 e. The number of aliphatic hydroxyl groups is 5. The van der Waals surface area contributed by atoms with E-state index in [2.05, 4.69) is 19.9 Å². The van der Waals surface area contributed by atoms with Gasteiger partial charge in [-0.25, -0.2) is 4.57 Å². The van der Waals surface area contributed by atoms with E-state index in [-0.39, 0.29) is 12.8 Å². The molecular formula is C45H79O13P. The number of phosphoric acid groups is 1. The van der Waals surface area contributed by atoms with Crippen LogP contribution in [0.2, 0.25) is 0 Å². The van der Waals surface area contributed by atoms with Crippen LogP contribution in [0.4, 0.5) is 0 Å². The number of phosphoric ester groups is 1. The third-order valence-electron chi connectivity index (χ3n) is 10.3. The highest BCUT2D eigenvalue weighted by Gasteiger charge is 2.51. The molecule has 1 aliphatic rings. The molecule has 14 heteroatoms. The average molecular weight is 859 g/mol. The Bertz CT molecular complexity index is 1220. The van der Waals surface area contributed by atoms with E-state index in [0.29, 0.717) is 12.8 Å². The molecule has 0 heterocycles. The number of carbonyl (C=O) groups excluding carboxylic acids is 2. The third kappa shape index (κ3) is 28.1. The van der Waals surface area contributed by atoms with E-state index in [9.17, 15) is 44.6 Å². The number of esters is 2. The first-order valence-electron chi connectivity index (χ1n) is 22.5. The van der Waals surface area contributed by atoms with Gasteiger partial charge in [-0.3, -0.25) is 18.6 Å². The number of aliphatic hydroxyl groups excluding tert-OH is 5. The molecule has 0 aliphatic heterocycles. The van der Waals surface area contributed by atoms with Crippen molar-refractivity contribution in [2.24, 2.45) is 0 Å². The SMILES string of the molecule is CC/C=C/C=C/C=C/C=C/CCCCCC(=O)OC(COC(=O)CCCCCCCCCCCCCCCCCCC)COP(=O)(O)OC1C(O)C(O)C(O)[C@H](O)C1O. The molecule has 1 rings (SSSR count). The van der Waals surface area contributed by atoms with Gasteiger partial charge >= 0.3 is 19.8 Å². The molecule has 0 bridgehead atoms. The molecule has 0 amide bonds. The molecule has 13 nitrogen and oxygen atoms in total. The van der Waals surface area contributed by atoms with E-state index >= 15 is 0 Å². The van der Waals surface area contributed by atoms with Crippen molar-refractivity contribution in [1.29, 1.82) is 0 Å². The van der Waals surface area contributed by atoms with Gasteiger partial charge in [0.2, 0.25) is 0 Å². The maximum atomic E-state index is 12.8. The summed E-state index contributed by atoms with van der Waals surface area (Å²) in [7, 11) is -5.13. The molecule has 0 saturated heterocycles. The Balaban J connectivity index is 2.47. The minimum absolute atomic E-state index is 0.0508. The van der Waals surface area contributed by atoms with Gasteiger partial charge in [0.1, 0.15) is 43.2 Å². The van der Waals surface area contributed by atoms with Gasteiger partial charge in [0.05, 0.1) is 6.61 Å². The Morgan fingerprint density at radius 3 is 1.47 bits per heavy atom. The van der Waals surface area contributed by atoms with Crippen LogP contribution in [-0.4, -0.2) is 98.3 Å². The molecule has 1 aliphatic carbocycles. The highest BCUT2D eigenvalue weighted by Crippen LogP contribution is 2.47. The lowest BCUT2D eigenvalue weighted by Crippen LogP contribution is -2.64. The third-order valence-corrected chi connectivity index (χ3v) is 11.3. The Morgan fingerprint density at radius 1 is 0.542 bits per heavy atom. The fourth-order valence-corrected chi connectivity index (χ4v) is 7.62. The first-order chi connectivity index (χ1) is 28.4. The number of allylic oxidation sites excluding steroid dienone is 8. The average Bonchev–Trinajstić information content (AvgIpc) is 3.21. The molecule has 59 heavy (non-hydrogen) atoms. The predicted molar refractivity (Wildman–Crippen MR) is 230 cm³/mol. The molecule has 6 N–H and O–H groups in total. The van der Waals surface area contributed by atoms with Crippen LogP contribution in [0.1, 0.15) is 168 Å². The minimum Gasteiger partial charge on any atom is -0.462 e. The van der Waals surface area contributed by atoms with Crippen LogP contribution >= 0.6 is 7.82 Å². The van der Waals surface area contributed by atoms with Crippen LogP contribution in [0.15, 0.2) is 48.6 Å². The lowest BCUT2D eigenvalue weighted by Gasteiger charge is -2.41. The first-order valence-corrected chi connectivity index (χ1v) is 24.0. The minimum atomic E-state index is -5.13. The van der Waals surface area contributed by atoms with Crippen molar-refractivity contribution >= 4 is 19.8 Å². The number of carbonyl (C=O) groups is 2. The van der Waals surface area contributed by atoms with E-state index in [1.807, 2.05) is 42.5 Å². The molecule has 1 fully saturated rings. The molecule has 0 aromatic carbocycles. The van der Waals surface area contributed by atoms with Gasteiger partial charge in [-0.15, -0.1) is 0 Å². The van der Waals surface area contributed by atoms with Gasteiger partial charge in [-0.2, -0.15) is 0 Å². The highest BCUT2D eigenvalue weighted by molar-refractivity contribution is 7.47. The number of hydrogen-bond donors (Lipinski definition) is 6. The molecule has 0 radical (unpaired) electrons. The number of unbranched alkanes of at least 4 members (excludes halogenated alkanes) is 19. The van der Waals surface area contributed by atoms with Crippen molar-refractivity contribution in [2.45, 2.75) is 211 Å². The van der Waals surface area contributed by atoms with Crippen molar-refractivity contribution in [2.75, 3.05) is 13.2 Å². The van der Waals surface area contributed by atoms with Gasteiger partial charge in [0.15, 0.2) is 6.10 Å². The largest absolute Gasteiger partial charge is 0.472 e. The van der Waals surface area contributed by atoms with Crippen molar-refractivity contribution < 1.29 is 63.1 Å². The zero-order chi connectivity index (χ0) is 43.6. The van der Waals surface area contributed by atoms with E-state index < -0.39 is 75.7 Å². The normalized spacial score (nSPS) is 22.8. The van der Waals surface area contributed by atoms with E-state index in [4.69, 9.17) is 18.5 Å². The Kier molecular flexibility index (Phi) is 32.9. The number of hydrogen-bond acceptors (Lipinski definition) is 12. The van der Waals surface area contributed by atoms with Gasteiger partial charge < -0.3 is 39.9 Å². The Morgan fingerprint density at radius 2 is 0.966 bits per heavy atom. The second-order valence-electron chi connectivity index (χ2n) is 15.6. The fraction of sp³-hybridized carbons (Fsp3) is 0.778. The van der Waals surface area contributed by atoms with Crippen LogP contribution in [0.5, 0.6) is 0 Å².